The molecule has 0 aromatic heterocycles. The molecule has 2 nitrogen and oxygen atoms in total. The molecule has 1 heterocycles. The highest BCUT2D eigenvalue weighted by Gasteiger charge is 2.45. The second-order valence-electron chi connectivity index (χ2n) is 6.63. The molecule has 0 radical (unpaired) electrons. The lowest BCUT2D eigenvalue weighted by atomic mass is 9.92. The Morgan fingerprint density at radius 2 is 2.11 bits per heavy atom. The molecule has 0 spiro atoms. The Morgan fingerprint density at radius 1 is 1.28 bits per heavy atom. The van der Waals surface area contributed by atoms with Gasteiger partial charge in [0.25, 0.3) is 0 Å². The maximum atomic E-state index is 3.80. The summed E-state index contributed by atoms with van der Waals surface area (Å²) in [5, 5.41) is 4.75. The lowest BCUT2D eigenvalue weighted by molar-refractivity contribution is 0.0903. The van der Waals surface area contributed by atoms with E-state index < -0.39 is 0 Å². The Labute approximate surface area is 116 Å². The second kappa shape index (κ2) is 5.34. The highest BCUT2D eigenvalue weighted by atomic mass is 32.2. The lowest BCUT2D eigenvalue weighted by Gasteiger charge is -2.44. The van der Waals surface area contributed by atoms with Crippen LogP contribution in [0, 0.1) is 5.92 Å². The van der Waals surface area contributed by atoms with E-state index in [0.29, 0.717) is 5.54 Å². The summed E-state index contributed by atoms with van der Waals surface area (Å²) >= 11 is 2.18. The lowest BCUT2D eigenvalue weighted by Crippen LogP contribution is -2.61. The van der Waals surface area contributed by atoms with Crippen LogP contribution in [0.1, 0.15) is 46.0 Å². The monoisotopic (exact) mass is 268 g/mol. The third kappa shape index (κ3) is 2.73. The molecule has 1 saturated heterocycles. The van der Waals surface area contributed by atoms with Crippen molar-refractivity contribution in [1.29, 1.82) is 0 Å². The smallest absolute Gasteiger partial charge is 0.0309 e. The van der Waals surface area contributed by atoms with Crippen LogP contribution in [0.4, 0.5) is 0 Å². The molecule has 0 aromatic carbocycles. The van der Waals surface area contributed by atoms with Gasteiger partial charge >= 0.3 is 0 Å². The van der Waals surface area contributed by atoms with Crippen LogP contribution < -0.4 is 5.32 Å². The topological polar surface area (TPSA) is 15.3 Å². The number of nitrogens with zero attached hydrogens (tertiary/aromatic N) is 1. The number of piperazine rings is 1. The largest absolute Gasteiger partial charge is 0.309 e. The molecule has 2 saturated carbocycles. The van der Waals surface area contributed by atoms with E-state index in [1.165, 1.54) is 57.5 Å². The molecule has 0 bridgehead atoms. The first-order valence-electron chi connectivity index (χ1n) is 7.82. The first-order valence-corrected chi connectivity index (χ1v) is 8.87. The minimum Gasteiger partial charge on any atom is -0.309 e. The second-order valence-corrected chi connectivity index (χ2v) is 8.21. The summed E-state index contributed by atoms with van der Waals surface area (Å²) < 4.78 is 0. The van der Waals surface area contributed by atoms with E-state index in [0.717, 1.165) is 17.2 Å². The van der Waals surface area contributed by atoms with Gasteiger partial charge in [0, 0.05) is 36.5 Å². The average molecular weight is 268 g/mol. The third-order valence-electron chi connectivity index (χ3n) is 5.21. The molecular weight excluding hydrogens is 240 g/mol. The highest BCUT2D eigenvalue weighted by molar-refractivity contribution is 7.99. The maximum absolute atomic E-state index is 3.80. The summed E-state index contributed by atoms with van der Waals surface area (Å²) in [5.74, 6) is 2.25. The number of nitrogens with one attached hydrogen (secondary N) is 1. The average Bonchev–Trinajstić information content (AvgIpc) is 3.12. The van der Waals surface area contributed by atoms with Crippen LogP contribution in [0.3, 0.4) is 0 Å². The van der Waals surface area contributed by atoms with E-state index in [4.69, 9.17) is 0 Å². The van der Waals surface area contributed by atoms with Crippen LogP contribution >= 0.6 is 11.8 Å². The fraction of sp³-hybridized carbons (Fsp3) is 1.00. The van der Waals surface area contributed by atoms with Crippen LogP contribution in [0.15, 0.2) is 0 Å². The van der Waals surface area contributed by atoms with Crippen molar-refractivity contribution in [3.63, 3.8) is 0 Å². The molecule has 3 heteroatoms. The van der Waals surface area contributed by atoms with Crippen molar-refractivity contribution < 1.29 is 0 Å². The maximum Gasteiger partial charge on any atom is 0.0309 e. The van der Waals surface area contributed by atoms with Gasteiger partial charge in [0.2, 0.25) is 0 Å². The summed E-state index contributed by atoms with van der Waals surface area (Å²) in [4.78, 5) is 2.81. The molecule has 1 aliphatic heterocycles. The van der Waals surface area contributed by atoms with Crippen LogP contribution in [-0.4, -0.2) is 47.1 Å². The minimum absolute atomic E-state index is 0.425. The van der Waals surface area contributed by atoms with E-state index in [2.05, 4.69) is 35.8 Å². The first kappa shape index (κ1) is 13.3. The van der Waals surface area contributed by atoms with Crippen molar-refractivity contribution in [2.45, 2.75) is 62.8 Å². The highest BCUT2D eigenvalue weighted by Crippen LogP contribution is 2.42. The SMILES string of the molecule is CCSC1CCC(N2CCNC(C)(C3CC3)C2)C1. The molecule has 1 N–H and O–H groups in total. The third-order valence-corrected chi connectivity index (χ3v) is 6.45. The summed E-state index contributed by atoms with van der Waals surface area (Å²) in [6, 6.07) is 0.884. The first-order chi connectivity index (χ1) is 8.71. The van der Waals surface area contributed by atoms with Crippen LogP contribution in [0.25, 0.3) is 0 Å². The fourth-order valence-electron chi connectivity index (χ4n) is 3.98. The molecule has 3 rings (SSSR count). The van der Waals surface area contributed by atoms with Crippen molar-refractivity contribution in [2.24, 2.45) is 5.92 Å². The Bertz CT molecular complexity index is 292. The van der Waals surface area contributed by atoms with Gasteiger partial charge in [0.1, 0.15) is 0 Å². The standard InChI is InChI=1S/C15H28N2S/c1-3-18-14-7-6-13(10-14)17-9-8-16-15(2,11-17)12-4-5-12/h12-14,16H,3-11H2,1-2H3. The summed E-state index contributed by atoms with van der Waals surface area (Å²) in [7, 11) is 0. The van der Waals surface area contributed by atoms with Crippen LogP contribution in [0.2, 0.25) is 0 Å². The molecule has 0 amide bonds. The van der Waals surface area contributed by atoms with Crippen LogP contribution in [0.5, 0.6) is 0 Å². The molecule has 18 heavy (non-hydrogen) atoms. The number of rotatable bonds is 4. The van der Waals surface area contributed by atoms with Crippen molar-refractivity contribution in [1.82, 2.24) is 10.2 Å². The Hall–Kier alpha value is 0.270. The summed E-state index contributed by atoms with van der Waals surface area (Å²) in [6.07, 6.45) is 7.25. The molecular formula is C15H28N2S. The molecule has 0 aromatic rings. The normalized spacial score (nSPS) is 42.3. The van der Waals surface area contributed by atoms with Gasteiger partial charge in [-0.3, -0.25) is 4.90 Å². The van der Waals surface area contributed by atoms with E-state index in [-0.39, 0.29) is 0 Å². The van der Waals surface area contributed by atoms with Gasteiger partial charge < -0.3 is 5.32 Å². The zero-order valence-corrected chi connectivity index (χ0v) is 12.8. The number of hydrogen-bond acceptors (Lipinski definition) is 3. The molecule has 3 unspecified atom stereocenters. The zero-order valence-electron chi connectivity index (χ0n) is 12.0. The van der Waals surface area contributed by atoms with E-state index >= 15 is 0 Å². The van der Waals surface area contributed by atoms with Gasteiger partial charge in [-0.2, -0.15) is 11.8 Å². The molecule has 3 aliphatic rings. The van der Waals surface area contributed by atoms with E-state index in [1.807, 2.05) is 0 Å². The summed E-state index contributed by atoms with van der Waals surface area (Å²) in [5.41, 5.74) is 0.425. The van der Waals surface area contributed by atoms with Crippen molar-refractivity contribution >= 4 is 11.8 Å². The quantitative estimate of drug-likeness (QED) is 0.844. The van der Waals surface area contributed by atoms with Gasteiger partial charge in [-0.1, -0.05) is 6.92 Å². The Balaban J connectivity index is 1.56. The summed E-state index contributed by atoms with van der Waals surface area (Å²) in [6.45, 7) is 8.54. The van der Waals surface area contributed by atoms with Crippen molar-refractivity contribution in [3.05, 3.63) is 0 Å². The molecule has 104 valence electrons. The number of thioether (sulfide) groups is 1. The zero-order chi connectivity index (χ0) is 12.6. The van der Waals surface area contributed by atoms with Gasteiger partial charge in [0.15, 0.2) is 0 Å². The van der Waals surface area contributed by atoms with Gasteiger partial charge in [0.05, 0.1) is 0 Å². The molecule has 2 aliphatic carbocycles. The predicted molar refractivity (Wildman–Crippen MR) is 80.3 cm³/mol. The van der Waals surface area contributed by atoms with Gasteiger partial charge in [-0.25, -0.2) is 0 Å². The Morgan fingerprint density at radius 3 is 2.83 bits per heavy atom. The van der Waals surface area contributed by atoms with Crippen molar-refractivity contribution in [2.75, 3.05) is 25.4 Å². The van der Waals surface area contributed by atoms with Crippen LogP contribution in [-0.2, 0) is 0 Å². The van der Waals surface area contributed by atoms with Crippen molar-refractivity contribution in [3.8, 4) is 0 Å². The molecule has 3 fully saturated rings. The van der Waals surface area contributed by atoms with E-state index in [9.17, 15) is 0 Å². The number of hydrogen-bond donors (Lipinski definition) is 1. The van der Waals surface area contributed by atoms with Gasteiger partial charge in [-0.05, 0) is 50.7 Å². The Kier molecular flexibility index (Phi) is 3.93. The molecule has 3 atom stereocenters. The van der Waals surface area contributed by atoms with E-state index in [1.54, 1.807) is 0 Å². The minimum atomic E-state index is 0.425. The van der Waals surface area contributed by atoms with Gasteiger partial charge in [-0.15, -0.1) is 0 Å². The predicted octanol–water partition coefficient (Wildman–Crippen LogP) is 2.73. The fourth-order valence-corrected chi connectivity index (χ4v) is 5.12.